The van der Waals surface area contributed by atoms with Crippen LogP contribution in [0.25, 0.3) is 0 Å². The number of hydrogen-bond acceptors (Lipinski definition) is 3. The molecule has 2 rings (SSSR count). The van der Waals surface area contributed by atoms with Gasteiger partial charge in [-0.25, -0.2) is 0 Å². The Hall–Kier alpha value is -0.830. The van der Waals surface area contributed by atoms with Gasteiger partial charge in [0.25, 0.3) is 0 Å². The van der Waals surface area contributed by atoms with Crippen LogP contribution in [0.2, 0.25) is 0 Å². The van der Waals surface area contributed by atoms with Crippen LogP contribution in [0.1, 0.15) is 59.3 Å². The van der Waals surface area contributed by atoms with Crippen LogP contribution in [0.5, 0.6) is 0 Å². The molecule has 1 heterocycles. The zero-order valence-corrected chi connectivity index (χ0v) is 13.3. The van der Waals surface area contributed by atoms with Crippen LogP contribution < -0.4 is 0 Å². The molecular weight excluding hydrogens is 250 g/mol. The molecule has 0 aromatic heterocycles. The summed E-state index contributed by atoms with van der Waals surface area (Å²) in [5, 5.41) is 0. The largest absolute Gasteiger partial charge is 0.487 e. The van der Waals surface area contributed by atoms with Crippen molar-refractivity contribution in [2.24, 2.45) is 5.92 Å². The van der Waals surface area contributed by atoms with E-state index in [4.69, 9.17) is 4.74 Å². The fourth-order valence-electron chi connectivity index (χ4n) is 3.54. The van der Waals surface area contributed by atoms with Gasteiger partial charge in [-0.3, -0.25) is 4.79 Å². The third kappa shape index (κ3) is 3.63. The van der Waals surface area contributed by atoms with Crippen LogP contribution in [-0.4, -0.2) is 36.4 Å². The summed E-state index contributed by atoms with van der Waals surface area (Å²) in [4.78, 5) is 14.5. The number of carbonyl (C=O) groups excluding carboxylic acids is 1. The molecule has 2 unspecified atom stereocenters. The molecular formula is C17H29NO2. The van der Waals surface area contributed by atoms with Gasteiger partial charge >= 0.3 is 0 Å². The molecule has 0 aromatic rings. The Morgan fingerprint density at radius 2 is 1.90 bits per heavy atom. The minimum absolute atomic E-state index is 0.201. The first-order chi connectivity index (χ1) is 9.65. The summed E-state index contributed by atoms with van der Waals surface area (Å²) in [5.74, 6) is 1.54. The number of nitrogens with zero attached hydrogens (tertiary/aromatic N) is 1. The summed E-state index contributed by atoms with van der Waals surface area (Å²) in [6.45, 7) is 10.1. The van der Waals surface area contributed by atoms with Gasteiger partial charge in [0.05, 0.1) is 6.10 Å². The predicted octanol–water partition coefficient (Wildman–Crippen LogP) is 3.54. The molecule has 3 nitrogen and oxygen atoms in total. The average molecular weight is 279 g/mol. The van der Waals surface area contributed by atoms with Crippen molar-refractivity contribution in [2.75, 3.05) is 19.6 Å². The normalized spacial score (nSPS) is 26.1. The lowest BCUT2D eigenvalue weighted by Gasteiger charge is -2.27. The van der Waals surface area contributed by atoms with E-state index in [1.54, 1.807) is 0 Å². The highest BCUT2D eigenvalue weighted by molar-refractivity contribution is 5.95. The minimum atomic E-state index is 0.201. The van der Waals surface area contributed by atoms with Gasteiger partial charge in [0.15, 0.2) is 11.5 Å². The third-order valence-corrected chi connectivity index (χ3v) is 4.46. The van der Waals surface area contributed by atoms with Gasteiger partial charge in [-0.05, 0) is 63.7 Å². The molecule has 1 aliphatic heterocycles. The van der Waals surface area contributed by atoms with Crippen LogP contribution in [0.3, 0.4) is 0 Å². The molecule has 0 bridgehead atoms. The van der Waals surface area contributed by atoms with Crippen LogP contribution in [0, 0.1) is 5.92 Å². The van der Waals surface area contributed by atoms with Crippen molar-refractivity contribution in [3.05, 3.63) is 11.3 Å². The van der Waals surface area contributed by atoms with Gasteiger partial charge in [-0.15, -0.1) is 0 Å². The molecule has 114 valence electrons. The van der Waals surface area contributed by atoms with Crippen molar-refractivity contribution in [2.45, 2.75) is 65.4 Å². The standard InChI is InChI=1S/C17H29NO2/c1-4-9-18(10-5-2)11-8-14-6-7-16(19)17-15(14)12-13(3)20-17/h13-14H,4-12H2,1-3H3. The molecule has 0 saturated heterocycles. The van der Waals surface area contributed by atoms with Crippen molar-refractivity contribution >= 4 is 5.78 Å². The van der Waals surface area contributed by atoms with E-state index < -0.39 is 0 Å². The number of Topliss-reactive ketones (excluding diaryl/α,β-unsaturated/α-hetero) is 1. The summed E-state index contributed by atoms with van der Waals surface area (Å²) >= 11 is 0. The SMILES string of the molecule is CCCN(CCC)CCC1CCC(=O)C2=C1CC(C)O2. The topological polar surface area (TPSA) is 29.5 Å². The average Bonchev–Trinajstić information content (AvgIpc) is 2.81. The maximum absolute atomic E-state index is 11.9. The highest BCUT2D eigenvalue weighted by Crippen LogP contribution is 2.39. The Labute approximate surface area is 123 Å². The Balaban J connectivity index is 1.93. The van der Waals surface area contributed by atoms with E-state index >= 15 is 0 Å². The van der Waals surface area contributed by atoms with Gasteiger partial charge < -0.3 is 9.64 Å². The first-order valence-corrected chi connectivity index (χ1v) is 8.30. The summed E-state index contributed by atoms with van der Waals surface area (Å²) in [7, 11) is 0. The molecule has 20 heavy (non-hydrogen) atoms. The van der Waals surface area contributed by atoms with Crippen molar-refractivity contribution in [3.8, 4) is 0 Å². The number of carbonyl (C=O) groups is 1. The van der Waals surface area contributed by atoms with Gasteiger partial charge in [0.2, 0.25) is 0 Å². The second kappa shape index (κ2) is 7.26. The maximum Gasteiger partial charge on any atom is 0.197 e. The first kappa shape index (κ1) is 15.6. The van der Waals surface area contributed by atoms with Gasteiger partial charge in [0, 0.05) is 12.8 Å². The van der Waals surface area contributed by atoms with Crippen molar-refractivity contribution in [1.29, 1.82) is 0 Å². The molecule has 2 atom stereocenters. The zero-order valence-electron chi connectivity index (χ0n) is 13.3. The Morgan fingerprint density at radius 3 is 2.55 bits per heavy atom. The smallest absolute Gasteiger partial charge is 0.197 e. The van der Waals surface area contributed by atoms with E-state index in [0.29, 0.717) is 12.3 Å². The van der Waals surface area contributed by atoms with Crippen LogP contribution >= 0.6 is 0 Å². The summed E-state index contributed by atoms with van der Waals surface area (Å²) < 4.78 is 5.73. The van der Waals surface area contributed by atoms with Gasteiger partial charge in [-0.2, -0.15) is 0 Å². The number of ketones is 1. The van der Waals surface area contributed by atoms with Gasteiger partial charge in [0.1, 0.15) is 0 Å². The molecule has 2 aliphatic rings. The van der Waals surface area contributed by atoms with Crippen molar-refractivity contribution in [3.63, 3.8) is 0 Å². The van der Waals surface area contributed by atoms with E-state index in [-0.39, 0.29) is 11.9 Å². The predicted molar refractivity (Wildman–Crippen MR) is 81.6 cm³/mol. The van der Waals surface area contributed by atoms with Crippen molar-refractivity contribution in [1.82, 2.24) is 4.90 Å². The highest BCUT2D eigenvalue weighted by atomic mass is 16.5. The van der Waals surface area contributed by atoms with Gasteiger partial charge in [-0.1, -0.05) is 13.8 Å². The Morgan fingerprint density at radius 1 is 1.20 bits per heavy atom. The van der Waals surface area contributed by atoms with Crippen molar-refractivity contribution < 1.29 is 9.53 Å². The number of ether oxygens (including phenoxy) is 1. The summed E-state index contributed by atoms with van der Waals surface area (Å²) in [6.07, 6.45) is 6.49. The molecule has 1 aliphatic carbocycles. The molecule has 0 radical (unpaired) electrons. The van der Waals surface area contributed by atoms with E-state index in [1.807, 2.05) is 0 Å². The molecule has 0 aromatic carbocycles. The second-order valence-corrected chi connectivity index (χ2v) is 6.28. The Bertz CT molecular complexity index is 369. The minimum Gasteiger partial charge on any atom is -0.487 e. The lowest BCUT2D eigenvalue weighted by Crippen LogP contribution is -2.29. The van der Waals surface area contributed by atoms with Crippen LogP contribution in [-0.2, 0) is 9.53 Å². The fourth-order valence-corrected chi connectivity index (χ4v) is 3.54. The zero-order chi connectivity index (χ0) is 14.5. The summed E-state index contributed by atoms with van der Waals surface area (Å²) in [6, 6.07) is 0. The molecule has 0 amide bonds. The van der Waals surface area contributed by atoms with E-state index in [0.717, 1.165) is 25.1 Å². The van der Waals surface area contributed by atoms with E-state index in [2.05, 4.69) is 25.7 Å². The lowest BCUT2D eigenvalue weighted by molar-refractivity contribution is -0.119. The third-order valence-electron chi connectivity index (χ3n) is 4.46. The second-order valence-electron chi connectivity index (χ2n) is 6.28. The molecule has 0 spiro atoms. The Kier molecular flexibility index (Phi) is 5.64. The van der Waals surface area contributed by atoms with E-state index in [1.165, 1.54) is 37.9 Å². The highest BCUT2D eigenvalue weighted by Gasteiger charge is 2.35. The molecule has 0 saturated carbocycles. The molecule has 0 N–H and O–H groups in total. The molecule has 0 fully saturated rings. The first-order valence-electron chi connectivity index (χ1n) is 8.30. The molecule has 3 heteroatoms. The van der Waals surface area contributed by atoms with Crippen LogP contribution in [0.15, 0.2) is 11.3 Å². The summed E-state index contributed by atoms with van der Waals surface area (Å²) in [5.41, 5.74) is 1.32. The number of hydrogen-bond donors (Lipinski definition) is 0. The quantitative estimate of drug-likeness (QED) is 0.714. The maximum atomic E-state index is 11.9. The fraction of sp³-hybridized carbons (Fsp3) is 0.824. The van der Waals surface area contributed by atoms with Crippen LogP contribution in [0.4, 0.5) is 0 Å². The monoisotopic (exact) mass is 279 g/mol. The van der Waals surface area contributed by atoms with E-state index in [9.17, 15) is 4.79 Å². The number of allylic oxidation sites excluding steroid dienone is 1. The lowest BCUT2D eigenvalue weighted by atomic mass is 9.82. The number of rotatable bonds is 7.